The van der Waals surface area contributed by atoms with Crippen molar-refractivity contribution in [3.63, 3.8) is 0 Å². The molecule has 107 valence electrons. The highest BCUT2D eigenvalue weighted by molar-refractivity contribution is 6.95. The summed E-state index contributed by atoms with van der Waals surface area (Å²) in [5, 5.41) is 3.77. The smallest absolute Gasteiger partial charge is 0.115 e. The number of benzene rings is 3. The van der Waals surface area contributed by atoms with Gasteiger partial charge in [-0.15, -0.1) is 12.8 Å². The molecular formula is C22H15Si. The molecular weight excluding hydrogens is 292 g/mol. The Labute approximate surface area is 139 Å². The molecule has 3 rings (SSSR count). The van der Waals surface area contributed by atoms with Crippen molar-refractivity contribution in [2.45, 2.75) is 0 Å². The van der Waals surface area contributed by atoms with E-state index >= 15 is 0 Å². The molecule has 3 aromatic rings. The first-order valence-electron chi connectivity index (χ1n) is 7.39. The van der Waals surface area contributed by atoms with E-state index < -0.39 is 8.80 Å². The SMILES string of the molecule is C#Cc1cccc([Si](c2ccccc2)c2ccccc2)c1C#C. The highest BCUT2D eigenvalue weighted by Gasteiger charge is 2.22. The van der Waals surface area contributed by atoms with Gasteiger partial charge in [-0.1, -0.05) is 95.0 Å². The van der Waals surface area contributed by atoms with Gasteiger partial charge in [0.2, 0.25) is 0 Å². The molecule has 0 nitrogen and oxygen atoms in total. The third kappa shape index (κ3) is 2.97. The Bertz CT molecular complexity index is 841. The Morgan fingerprint density at radius 1 is 0.609 bits per heavy atom. The Kier molecular flexibility index (Phi) is 4.43. The minimum Gasteiger partial charge on any atom is -0.115 e. The van der Waals surface area contributed by atoms with Crippen molar-refractivity contribution >= 4 is 24.4 Å². The molecule has 0 aliphatic heterocycles. The second-order valence-electron chi connectivity index (χ2n) is 5.12. The summed E-state index contributed by atoms with van der Waals surface area (Å²) in [4.78, 5) is 0. The van der Waals surface area contributed by atoms with Crippen LogP contribution in [0.1, 0.15) is 11.1 Å². The maximum absolute atomic E-state index is 5.79. The van der Waals surface area contributed by atoms with Crippen molar-refractivity contribution < 1.29 is 0 Å². The molecule has 0 heterocycles. The van der Waals surface area contributed by atoms with E-state index in [1.165, 1.54) is 15.6 Å². The molecule has 3 aromatic carbocycles. The standard InChI is InChI=1S/C22H15Si/c1-3-18-12-11-17-22(21(18)4-2)23(19-13-7-5-8-14-19)20-15-9-6-10-16-20/h1-2,5-17H. The quantitative estimate of drug-likeness (QED) is 0.395. The maximum atomic E-state index is 5.79. The van der Waals surface area contributed by atoms with Crippen molar-refractivity contribution in [3.8, 4) is 24.7 Å². The molecule has 23 heavy (non-hydrogen) atoms. The van der Waals surface area contributed by atoms with Gasteiger partial charge in [-0.05, 0) is 11.3 Å². The largest absolute Gasteiger partial charge is 0.156 e. The fourth-order valence-electron chi connectivity index (χ4n) is 2.72. The summed E-state index contributed by atoms with van der Waals surface area (Å²) in [6.07, 6.45) is 11.4. The van der Waals surface area contributed by atoms with Crippen LogP contribution in [-0.4, -0.2) is 8.80 Å². The summed E-state index contributed by atoms with van der Waals surface area (Å²) < 4.78 is 0. The average Bonchev–Trinajstić information content (AvgIpc) is 2.63. The zero-order valence-electron chi connectivity index (χ0n) is 12.7. The zero-order chi connectivity index (χ0) is 16.1. The summed E-state index contributed by atoms with van der Waals surface area (Å²) in [7, 11) is -1.19. The van der Waals surface area contributed by atoms with Crippen LogP contribution in [0.4, 0.5) is 0 Å². The normalized spacial score (nSPS) is 10.0. The van der Waals surface area contributed by atoms with Crippen molar-refractivity contribution in [1.29, 1.82) is 0 Å². The molecule has 0 amide bonds. The second-order valence-corrected chi connectivity index (χ2v) is 7.57. The number of hydrogen-bond acceptors (Lipinski definition) is 0. The van der Waals surface area contributed by atoms with Crippen LogP contribution in [0.5, 0.6) is 0 Å². The summed E-state index contributed by atoms with van der Waals surface area (Å²) in [5.41, 5.74) is 1.64. The molecule has 0 fully saturated rings. The molecule has 0 saturated carbocycles. The van der Waals surface area contributed by atoms with E-state index in [1.54, 1.807) is 0 Å². The summed E-state index contributed by atoms with van der Waals surface area (Å²) >= 11 is 0. The van der Waals surface area contributed by atoms with Gasteiger partial charge in [0.15, 0.2) is 8.80 Å². The lowest BCUT2D eigenvalue weighted by Crippen LogP contribution is -2.53. The van der Waals surface area contributed by atoms with Crippen LogP contribution < -0.4 is 15.6 Å². The van der Waals surface area contributed by atoms with Crippen molar-refractivity contribution in [2.24, 2.45) is 0 Å². The van der Waals surface area contributed by atoms with Gasteiger partial charge in [0.25, 0.3) is 0 Å². The molecule has 0 spiro atoms. The lowest BCUT2D eigenvalue weighted by Gasteiger charge is -2.19. The third-order valence-electron chi connectivity index (χ3n) is 3.76. The lowest BCUT2D eigenvalue weighted by atomic mass is 10.1. The topological polar surface area (TPSA) is 0 Å². The molecule has 0 bridgehead atoms. The third-order valence-corrected chi connectivity index (χ3v) is 6.54. The predicted molar refractivity (Wildman–Crippen MR) is 99.9 cm³/mol. The van der Waals surface area contributed by atoms with Crippen LogP contribution in [0.2, 0.25) is 0 Å². The number of terminal acetylenes is 2. The van der Waals surface area contributed by atoms with E-state index in [1.807, 2.05) is 24.3 Å². The van der Waals surface area contributed by atoms with Gasteiger partial charge in [-0.3, -0.25) is 0 Å². The first kappa shape index (κ1) is 14.9. The fraction of sp³-hybridized carbons (Fsp3) is 0. The molecule has 1 heteroatoms. The Morgan fingerprint density at radius 2 is 1.17 bits per heavy atom. The van der Waals surface area contributed by atoms with Crippen LogP contribution >= 0.6 is 0 Å². The molecule has 0 unspecified atom stereocenters. The van der Waals surface area contributed by atoms with Crippen LogP contribution in [-0.2, 0) is 0 Å². The Hall–Kier alpha value is -3.00. The minimum atomic E-state index is -1.19. The van der Waals surface area contributed by atoms with E-state index in [9.17, 15) is 0 Å². The second kappa shape index (κ2) is 6.84. The van der Waals surface area contributed by atoms with Gasteiger partial charge >= 0.3 is 0 Å². The van der Waals surface area contributed by atoms with E-state index in [2.05, 4.69) is 66.4 Å². The molecule has 0 N–H and O–H groups in total. The fourth-order valence-corrected chi connectivity index (χ4v) is 5.45. The minimum absolute atomic E-state index is 0.791. The van der Waals surface area contributed by atoms with Gasteiger partial charge in [0.05, 0.1) is 0 Å². The van der Waals surface area contributed by atoms with Gasteiger partial charge in [0, 0.05) is 11.1 Å². The Balaban J connectivity index is 2.27. The summed E-state index contributed by atoms with van der Waals surface area (Å²) in [6.45, 7) is 0. The molecule has 0 aliphatic rings. The van der Waals surface area contributed by atoms with E-state index in [-0.39, 0.29) is 0 Å². The van der Waals surface area contributed by atoms with E-state index in [4.69, 9.17) is 12.8 Å². The van der Waals surface area contributed by atoms with Crippen LogP contribution in [0.3, 0.4) is 0 Å². The number of rotatable bonds is 3. The van der Waals surface area contributed by atoms with Gasteiger partial charge in [-0.25, -0.2) is 0 Å². The van der Waals surface area contributed by atoms with Crippen LogP contribution in [0, 0.1) is 24.7 Å². The first-order valence-corrected chi connectivity index (χ1v) is 8.89. The monoisotopic (exact) mass is 307 g/mol. The summed E-state index contributed by atoms with van der Waals surface area (Å²) in [6, 6.07) is 27.1. The number of hydrogen-bond donors (Lipinski definition) is 0. The maximum Gasteiger partial charge on any atom is 0.156 e. The average molecular weight is 307 g/mol. The van der Waals surface area contributed by atoms with E-state index in [0.717, 1.165) is 11.1 Å². The first-order chi connectivity index (χ1) is 11.3. The molecule has 0 aromatic heterocycles. The van der Waals surface area contributed by atoms with Gasteiger partial charge in [0.1, 0.15) is 0 Å². The Morgan fingerprint density at radius 3 is 1.65 bits per heavy atom. The molecule has 1 radical (unpaired) electrons. The molecule has 0 saturated heterocycles. The van der Waals surface area contributed by atoms with Gasteiger partial charge in [-0.2, -0.15) is 0 Å². The summed E-state index contributed by atoms with van der Waals surface area (Å²) in [5.74, 6) is 5.54. The van der Waals surface area contributed by atoms with Crippen LogP contribution in [0.15, 0.2) is 78.9 Å². The highest BCUT2D eigenvalue weighted by Crippen LogP contribution is 2.06. The zero-order valence-corrected chi connectivity index (χ0v) is 13.7. The van der Waals surface area contributed by atoms with Gasteiger partial charge < -0.3 is 0 Å². The van der Waals surface area contributed by atoms with E-state index in [0.29, 0.717) is 0 Å². The van der Waals surface area contributed by atoms with Crippen molar-refractivity contribution in [1.82, 2.24) is 0 Å². The van der Waals surface area contributed by atoms with Crippen LogP contribution in [0.25, 0.3) is 0 Å². The highest BCUT2D eigenvalue weighted by atomic mass is 28.3. The van der Waals surface area contributed by atoms with Crippen molar-refractivity contribution in [2.75, 3.05) is 0 Å². The van der Waals surface area contributed by atoms with Crippen molar-refractivity contribution in [3.05, 3.63) is 90.0 Å². The lowest BCUT2D eigenvalue weighted by molar-refractivity contribution is 1.62. The molecule has 0 aliphatic carbocycles. The predicted octanol–water partition coefficient (Wildman–Crippen LogP) is 2.17. The molecule has 0 atom stereocenters.